The summed E-state index contributed by atoms with van der Waals surface area (Å²) in [6, 6.07) is 8.90. The third-order valence-electron chi connectivity index (χ3n) is 5.76. The molecule has 4 rings (SSSR count). The predicted octanol–water partition coefficient (Wildman–Crippen LogP) is 2.14. The normalized spacial score (nSPS) is 29.9. The van der Waals surface area contributed by atoms with Crippen molar-refractivity contribution < 1.29 is 34.6 Å². The summed E-state index contributed by atoms with van der Waals surface area (Å²) in [4.78, 5) is 0. The lowest BCUT2D eigenvalue weighted by atomic mass is 9.86. The van der Waals surface area contributed by atoms with Gasteiger partial charge >= 0.3 is 0 Å². The van der Waals surface area contributed by atoms with Crippen molar-refractivity contribution in [2.45, 2.75) is 50.2 Å². The first kappa shape index (κ1) is 22.8. The minimum Gasteiger partial charge on any atom is -0.494 e. The van der Waals surface area contributed by atoms with Gasteiger partial charge in [-0.05, 0) is 47.9 Å². The Hall–Kier alpha value is -1.42. The SMILES string of the molecule is CCOc1ccc(Cc2cc3c(cc2Cl)CO[C@]32O[C@H](CO)[C@@H](O)[C@H](O)[C@H]2O)c(Cl)c1. The zero-order chi connectivity index (χ0) is 22.3. The van der Waals surface area contributed by atoms with Crippen molar-refractivity contribution in [2.75, 3.05) is 13.2 Å². The highest BCUT2D eigenvalue weighted by Crippen LogP contribution is 2.47. The Labute approximate surface area is 189 Å². The molecule has 2 aromatic carbocycles. The van der Waals surface area contributed by atoms with Gasteiger partial charge in [0.05, 0.1) is 19.8 Å². The Bertz CT molecular complexity index is 967. The summed E-state index contributed by atoms with van der Waals surface area (Å²) in [5.74, 6) is -1.05. The molecule has 31 heavy (non-hydrogen) atoms. The second-order valence-corrected chi connectivity index (χ2v) is 8.50. The summed E-state index contributed by atoms with van der Waals surface area (Å²) in [7, 11) is 0. The molecule has 5 atom stereocenters. The Balaban J connectivity index is 1.70. The molecule has 1 fully saturated rings. The van der Waals surface area contributed by atoms with Crippen molar-refractivity contribution in [1.29, 1.82) is 0 Å². The molecule has 0 saturated carbocycles. The summed E-state index contributed by atoms with van der Waals surface area (Å²) < 4.78 is 17.1. The largest absolute Gasteiger partial charge is 0.494 e. The molecule has 168 valence electrons. The van der Waals surface area contributed by atoms with Crippen LogP contribution < -0.4 is 4.74 Å². The zero-order valence-electron chi connectivity index (χ0n) is 16.8. The monoisotopic (exact) mass is 470 g/mol. The predicted molar refractivity (Wildman–Crippen MR) is 113 cm³/mol. The van der Waals surface area contributed by atoms with Crippen LogP contribution in [0.4, 0.5) is 0 Å². The van der Waals surface area contributed by atoms with Gasteiger partial charge in [0.2, 0.25) is 5.79 Å². The second kappa shape index (κ2) is 8.84. The van der Waals surface area contributed by atoms with E-state index in [9.17, 15) is 20.4 Å². The van der Waals surface area contributed by atoms with E-state index in [1.165, 1.54) is 0 Å². The highest BCUT2D eigenvalue weighted by Gasteiger charge is 2.58. The first-order valence-corrected chi connectivity index (χ1v) is 10.8. The molecule has 0 aliphatic carbocycles. The Morgan fingerprint density at radius 3 is 2.48 bits per heavy atom. The van der Waals surface area contributed by atoms with Gasteiger partial charge in [-0.15, -0.1) is 0 Å². The third kappa shape index (κ3) is 3.94. The fraction of sp³-hybridized carbons (Fsp3) is 0.455. The second-order valence-electron chi connectivity index (χ2n) is 7.68. The van der Waals surface area contributed by atoms with Gasteiger partial charge in [-0.1, -0.05) is 29.3 Å². The van der Waals surface area contributed by atoms with Gasteiger partial charge in [0.15, 0.2) is 0 Å². The minimum atomic E-state index is -1.72. The molecule has 1 spiro atoms. The van der Waals surface area contributed by atoms with Gasteiger partial charge in [-0.3, -0.25) is 0 Å². The van der Waals surface area contributed by atoms with Crippen LogP contribution in [-0.2, 0) is 28.3 Å². The summed E-state index contributed by atoms with van der Waals surface area (Å²) >= 11 is 12.9. The maximum atomic E-state index is 10.7. The topological polar surface area (TPSA) is 109 Å². The van der Waals surface area contributed by atoms with Crippen LogP contribution in [0.1, 0.15) is 29.2 Å². The lowest BCUT2D eigenvalue weighted by molar-refractivity contribution is -0.368. The molecule has 1 saturated heterocycles. The van der Waals surface area contributed by atoms with Crippen LogP contribution >= 0.6 is 23.2 Å². The van der Waals surface area contributed by atoms with E-state index < -0.39 is 36.8 Å². The maximum Gasteiger partial charge on any atom is 0.225 e. The van der Waals surface area contributed by atoms with E-state index in [1.54, 1.807) is 18.2 Å². The number of halogens is 2. The van der Waals surface area contributed by atoms with Gasteiger partial charge in [0.25, 0.3) is 0 Å². The van der Waals surface area contributed by atoms with Crippen LogP contribution in [0.5, 0.6) is 5.75 Å². The van der Waals surface area contributed by atoms with Gasteiger partial charge in [0.1, 0.15) is 30.2 Å². The van der Waals surface area contributed by atoms with Crippen LogP contribution in [0, 0.1) is 0 Å². The minimum absolute atomic E-state index is 0.0944. The number of aliphatic hydroxyl groups is 4. The molecule has 0 bridgehead atoms. The molecule has 9 heteroatoms. The van der Waals surface area contributed by atoms with E-state index in [-0.39, 0.29) is 6.61 Å². The Morgan fingerprint density at radius 2 is 1.81 bits per heavy atom. The molecule has 2 aliphatic heterocycles. The molecular weight excluding hydrogens is 447 g/mol. The van der Waals surface area contributed by atoms with Gasteiger partial charge in [-0.25, -0.2) is 0 Å². The number of hydrogen-bond donors (Lipinski definition) is 4. The van der Waals surface area contributed by atoms with E-state index >= 15 is 0 Å². The first-order valence-electron chi connectivity index (χ1n) is 10.0. The molecule has 0 aromatic heterocycles. The van der Waals surface area contributed by atoms with Crippen molar-refractivity contribution in [3.63, 3.8) is 0 Å². The summed E-state index contributed by atoms with van der Waals surface area (Å²) in [6.45, 7) is 1.97. The number of benzene rings is 2. The Kier molecular flexibility index (Phi) is 6.49. The third-order valence-corrected chi connectivity index (χ3v) is 6.46. The van der Waals surface area contributed by atoms with Crippen LogP contribution in [0.3, 0.4) is 0 Å². The number of ether oxygens (including phenoxy) is 3. The average molecular weight is 471 g/mol. The number of hydrogen-bond acceptors (Lipinski definition) is 7. The van der Waals surface area contributed by atoms with Gasteiger partial charge in [0, 0.05) is 22.0 Å². The fourth-order valence-corrected chi connectivity index (χ4v) is 4.61. The lowest BCUT2D eigenvalue weighted by Crippen LogP contribution is -2.63. The van der Waals surface area contributed by atoms with Crippen molar-refractivity contribution in [3.8, 4) is 5.75 Å². The van der Waals surface area contributed by atoms with Crippen LogP contribution in [0.25, 0.3) is 0 Å². The van der Waals surface area contributed by atoms with Crippen LogP contribution in [0.2, 0.25) is 10.0 Å². The van der Waals surface area contributed by atoms with Crippen molar-refractivity contribution >= 4 is 23.2 Å². The molecule has 7 nitrogen and oxygen atoms in total. The first-order chi connectivity index (χ1) is 14.8. The van der Waals surface area contributed by atoms with Gasteiger partial charge in [-0.2, -0.15) is 0 Å². The lowest BCUT2D eigenvalue weighted by Gasteiger charge is -2.46. The summed E-state index contributed by atoms with van der Waals surface area (Å²) in [6.07, 6.45) is -5.29. The summed E-state index contributed by atoms with van der Waals surface area (Å²) in [5, 5.41) is 41.7. The molecule has 0 amide bonds. The average Bonchev–Trinajstić information content (AvgIpc) is 3.09. The molecule has 2 heterocycles. The smallest absolute Gasteiger partial charge is 0.225 e. The van der Waals surface area contributed by atoms with Gasteiger partial charge < -0.3 is 34.6 Å². The molecule has 0 unspecified atom stereocenters. The molecule has 0 radical (unpaired) electrons. The molecule has 2 aromatic rings. The van der Waals surface area contributed by atoms with E-state index in [4.69, 9.17) is 37.4 Å². The highest BCUT2D eigenvalue weighted by atomic mass is 35.5. The van der Waals surface area contributed by atoms with E-state index in [0.717, 1.165) is 5.56 Å². The van der Waals surface area contributed by atoms with E-state index in [1.807, 2.05) is 19.1 Å². The van der Waals surface area contributed by atoms with Crippen LogP contribution in [0.15, 0.2) is 30.3 Å². The number of fused-ring (bicyclic) bond motifs is 2. The van der Waals surface area contributed by atoms with E-state index in [0.29, 0.717) is 45.5 Å². The molecule has 4 N–H and O–H groups in total. The quantitative estimate of drug-likeness (QED) is 0.529. The van der Waals surface area contributed by atoms with Crippen LogP contribution in [-0.4, -0.2) is 58.1 Å². The number of rotatable bonds is 5. The highest BCUT2D eigenvalue weighted by molar-refractivity contribution is 6.32. The number of aliphatic hydroxyl groups excluding tert-OH is 4. The van der Waals surface area contributed by atoms with E-state index in [2.05, 4.69) is 0 Å². The van der Waals surface area contributed by atoms with Crippen molar-refractivity contribution in [1.82, 2.24) is 0 Å². The zero-order valence-corrected chi connectivity index (χ0v) is 18.3. The maximum absolute atomic E-state index is 10.7. The summed E-state index contributed by atoms with van der Waals surface area (Å²) in [5.41, 5.74) is 2.72. The van der Waals surface area contributed by atoms with Crippen molar-refractivity contribution in [2.24, 2.45) is 0 Å². The standard InChI is InChI=1S/C22H24Cl2O7/c1-2-29-14-4-3-11(17(24)8-14)5-12-6-15-13(7-16(12)23)10-30-22(15)21(28)20(27)19(26)18(9-25)31-22/h3-4,6-8,18-21,25-28H,2,5,9-10H2,1H3/t18-,19-,20+,21-,22+/m1/s1. The Morgan fingerprint density at radius 1 is 1.06 bits per heavy atom. The van der Waals surface area contributed by atoms with Crippen molar-refractivity contribution in [3.05, 3.63) is 62.6 Å². The molecule has 2 aliphatic rings. The fourth-order valence-electron chi connectivity index (χ4n) is 4.12. The molecular formula is C22H24Cl2O7.